The summed E-state index contributed by atoms with van der Waals surface area (Å²) in [5.41, 5.74) is 9.04. The summed E-state index contributed by atoms with van der Waals surface area (Å²) in [7, 11) is 0. The van der Waals surface area contributed by atoms with E-state index in [0.29, 0.717) is 11.5 Å². The van der Waals surface area contributed by atoms with Crippen LogP contribution in [0.5, 0.6) is 11.5 Å². The zero-order valence-electron chi connectivity index (χ0n) is 33.8. The minimum atomic E-state index is -0.131. The van der Waals surface area contributed by atoms with Gasteiger partial charge >= 0.3 is 0 Å². The second-order valence-corrected chi connectivity index (χ2v) is 18.5. The molecule has 0 spiro atoms. The van der Waals surface area contributed by atoms with Crippen LogP contribution in [0, 0.1) is 24.2 Å². The fraction of sp³-hybridized carbons (Fsp3) is 0.333. The number of hydrogen-bond acceptors (Lipinski definition) is 4. The van der Waals surface area contributed by atoms with Crippen molar-refractivity contribution in [2.24, 2.45) is 5.41 Å². The number of hydrogen-bond donors (Lipinski definition) is 0. The normalized spacial score (nSPS) is 14.1. The fourth-order valence-corrected chi connectivity index (χ4v) is 7.05. The summed E-state index contributed by atoms with van der Waals surface area (Å²) in [6.45, 7) is 29.4. The molecule has 1 aliphatic heterocycles. The quantitative estimate of drug-likeness (QED) is 0.161. The Bertz CT molecular complexity index is 2360. The molecule has 54 heavy (non-hydrogen) atoms. The predicted molar refractivity (Wildman–Crippen MR) is 222 cm³/mol. The van der Waals surface area contributed by atoms with Gasteiger partial charge < -0.3 is 19.1 Å². The van der Waals surface area contributed by atoms with E-state index in [1.54, 1.807) is 0 Å². The van der Waals surface area contributed by atoms with Crippen LogP contribution in [-0.2, 0) is 37.3 Å². The van der Waals surface area contributed by atoms with Gasteiger partial charge in [-0.3, -0.25) is 0 Å². The first-order valence-electron chi connectivity index (χ1n) is 18.7. The molecule has 0 amide bonds. The molecule has 0 unspecified atom stereocenters. The largest absolute Gasteiger partial charge is 0.509 e. The molecule has 6 heteroatoms. The number of para-hydroxylation sites is 1. The first-order chi connectivity index (χ1) is 24.8. The van der Waals surface area contributed by atoms with Crippen LogP contribution in [0.2, 0.25) is 0 Å². The van der Waals surface area contributed by atoms with E-state index in [9.17, 15) is 0 Å². The molecule has 4 aromatic carbocycles. The first kappa shape index (κ1) is 39.4. The third-order valence-electron chi connectivity index (χ3n) is 10.1. The third-order valence-corrected chi connectivity index (χ3v) is 10.1. The summed E-state index contributed by atoms with van der Waals surface area (Å²) in [4.78, 5) is 9.35. The van der Waals surface area contributed by atoms with Crippen molar-refractivity contribution in [3.8, 4) is 17.3 Å². The Morgan fingerprint density at radius 1 is 0.630 bits per heavy atom. The van der Waals surface area contributed by atoms with Gasteiger partial charge in [0.05, 0.1) is 0 Å². The number of nitrogens with zero attached hydrogens (tertiary/aromatic N) is 4. The second kappa shape index (κ2) is 14.1. The summed E-state index contributed by atoms with van der Waals surface area (Å²) in [6, 6.07) is 37.1. The number of pyridine rings is 1. The summed E-state index contributed by atoms with van der Waals surface area (Å²) in [5.74, 6) is 2.11. The van der Waals surface area contributed by atoms with Gasteiger partial charge in [0.2, 0.25) is 0 Å². The molecule has 7 rings (SSSR count). The summed E-state index contributed by atoms with van der Waals surface area (Å²) in [5, 5.41) is 2.26. The molecule has 0 saturated heterocycles. The predicted octanol–water partition coefficient (Wildman–Crippen LogP) is 12.8. The molecule has 0 atom stereocenters. The van der Waals surface area contributed by atoms with Crippen LogP contribution in [0.1, 0.15) is 99.8 Å². The van der Waals surface area contributed by atoms with Crippen molar-refractivity contribution in [1.82, 2.24) is 9.55 Å². The molecule has 0 fully saturated rings. The number of rotatable bonds is 5. The number of ether oxygens (including phenoxy) is 1. The van der Waals surface area contributed by atoms with Gasteiger partial charge in [-0.15, -0.1) is 48.1 Å². The first-order valence-corrected chi connectivity index (χ1v) is 18.7. The minimum absolute atomic E-state index is 0. The topological polar surface area (TPSA) is 33.5 Å². The average molecular weight is 897 g/mol. The van der Waals surface area contributed by atoms with Gasteiger partial charge in [0.25, 0.3) is 0 Å². The molecule has 2 aromatic heterocycles. The summed E-state index contributed by atoms with van der Waals surface area (Å²) in [6.07, 6.45) is 4.17. The van der Waals surface area contributed by atoms with Gasteiger partial charge in [0.15, 0.2) is 0 Å². The number of benzene rings is 4. The Hall–Kier alpha value is -4.34. The van der Waals surface area contributed by atoms with Gasteiger partial charge in [0, 0.05) is 61.1 Å². The third kappa shape index (κ3) is 7.62. The van der Waals surface area contributed by atoms with Crippen LogP contribution in [-0.4, -0.2) is 9.55 Å². The monoisotopic (exact) mass is 896 g/mol. The molecular weight excluding hydrogens is 844 g/mol. The van der Waals surface area contributed by atoms with Crippen LogP contribution in [0.25, 0.3) is 27.6 Å². The summed E-state index contributed by atoms with van der Waals surface area (Å²) < 4.78 is 8.77. The Morgan fingerprint density at radius 3 is 2.00 bits per heavy atom. The maximum absolute atomic E-state index is 6.57. The average Bonchev–Trinajstić information content (AvgIpc) is 3.68. The van der Waals surface area contributed by atoms with Gasteiger partial charge in [0.1, 0.15) is 5.82 Å². The zero-order valence-corrected chi connectivity index (χ0v) is 36.1. The maximum Gasteiger partial charge on any atom is 0.135 e. The number of fused-ring (bicyclic) bond motifs is 3. The Kier molecular flexibility index (Phi) is 10.2. The van der Waals surface area contributed by atoms with Crippen LogP contribution < -0.4 is 14.5 Å². The molecule has 0 saturated carbocycles. The van der Waals surface area contributed by atoms with E-state index < -0.39 is 0 Å². The molecular formula is C48H53N4OPt-3. The van der Waals surface area contributed by atoms with Crippen molar-refractivity contribution in [2.45, 2.75) is 99.3 Å². The molecule has 3 heterocycles. The molecule has 284 valence electrons. The smallest absolute Gasteiger partial charge is 0.135 e. The Balaban J connectivity index is 0.00000497. The van der Waals surface area contributed by atoms with E-state index in [4.69, 9.17) is 9.72 Å². The van der Waals surface area contributed by atoms with E-state index in [2.05, 4.69) is 189 Å². The van der Waals surface area contributed by atoms with Crippen molar-refractivity contribution in [3.05, 3.63) is 139 Å². The molecule has 0 radical (unpaired) electrons. The molecule has 0 bridgehead atoms. The van der Waals surface area contributed by atoms with Crippen LogP contribution in [0.15, 0.2) is 103 Å². The standard InChI is InChI=1S/C48H53N4O.Pt/c1-45(2,3)32-20-23-41(39(26-32)47(7,8)9)50-30-43(48(10,11)12)51(31-50)34-16-15-17-35(28-34)53-36-21-22-38-37-18-13-14-19-40(37)52(42(38)29-36)44-27-33(24-25-49-44)46(4,5)6;/h13-27,30-31H,1-12H3;/q-3;. The minimum Gasteiger partial charge on any atom is -0.509 e. The Morgan fingerprint density at radius 2 is 1.31 bits per heavy atom. The van der Waals surface area contributed by atoms with Gasteiger partial charge in [-0.2, -0.15) is 12.1 Å². The Labute approximate surface area is 337 Å². The number of aromatic nitrogens is 2. The van der Waals surface area contributed by atoms with Gasteiger partial charge in [-0.25, -0.2) is 4.98 Å². The van der Waals surface area contributed by atoms with E-state index in [1.165, 1.54) is 28.1 Å². The van der Waals surface area contributed by atoms with E-state index in [-0.39, 0.29) is 42.7 Å². The molecule has 5 nitrogen and oxygen atoms in total. The van der Waals surface area contributed by atoms with Crippen LogP contribution >= 0.6 is 0 Å². The van der Waals surface area contributed by atoms with E-state index in [0.717, 1.165) is 33.3 Å². The number of allylic oxidation sites excluding steroid dienone is 1. The van der Waals surface area contributed by atoms with Crippen molar-refractivity contribution in [3.63, 3.8) is 0 Å². The molecule has 0 aliphatic carbocycles. The van der Waals surface area contributed by atoms with E-state index in [1.807, 2.05) is 24.4 Å². The van der Waals surface area contributed by atoms with Crippen molar-refractivity contribution in [2.75, 3.05) is 9.80 Å². The van der Waals surface area contributed by atoms with E-state index >= 15 is 0 Å². The van der Waals surface area contributed by atoms with Crippen molar-refractivity contribution >= 4 is 33.2 Å². The SMILES string of the molecule is CC(C)(C)C1=CN(c2ccc(C(C)(C)C)cc2C(C)(C)C)[CH-]N1c1[c-]c(Oc2[c-]c3c(cc2)c2ccccc2n3-c2cc(C(C)(C)C)ccn2)ccc1.[Pt]. The number of anilines is 2. The van der Waals surface area contributed by atoms with Crippen molar-refractivity contribution in [1.29, 1.82) is 0 Å². The van der Waals surface area contributed by atoms with Crippen molar-refractivity contribution < 1.29 is 25.8 Å². The fourth-order valence-electron chi connectivity index (χ4n) is 7.05. The molecule has 1 aliphatic rings. The summed E-state index contributed by atoms with van der Waals surface area (Å²) >= 11 is 0. The van der Waals surface area contributed by atoms with Crippen LogP contribution in [0.4, 0.5) is 11.4 Å². The maximum atomic E-state index is 6.57. The van der Waals surface area contributed by atoms with Gasteiger partial charge in [-0.05, 0) is 68.8 Å². The zero-order chi connectivity index (χ0) is 38.1. The molecule has 0 N–H and O–H groups in total. The van der Waals surface area contributed by atoms with Gasteiger partial charge in [-0.1, -0.05) is 119 Å². The van der Waals surface area contributed by atoms with Crippen LogP contribution in [0.3, 0.4) is 0 Å². The molecule has 6 aromatic rings. The second-order valence-electron chi connectivity index (χ2n) is 18.5.